The molecule has 0 radical (unpaired) electrons. The Labute approximate surface area is 125 Å². The molecule has 1 aromatic heterocycles. The minimum Gasteiger partial charge on any atom is -0.468 e. The van der Waals surface area contributed by atoms with Crippen LogP contribution in [0, 0.1) is 0 Å². The van der Waals surface area contributed by atoms with Crippen molar-refractivity contribution >= 4 is 11.6 Å². The van der Waals surface area contributed by atoms with E-state index in [-0.39, 0.29) is 5.91 Å². The van der Waals surface area contributed by atoms with Gasteiger partial charge in [-0.3, -0.25) is 9.69 Å². The molecule has 4 nitrogen and oxygen atoms in total. The second-order valence-electron chi connectivity index (χ2n) is 4.92. The molecular weight excluding hydrogens is 264 g/mol. The molecule has 2 rings (SSSR count). The predicted molar refractivity (Wildman–Crippen MR) is 83.8 cm³/mol. The standard InChI is InChI=1S/C17H20N2O2/c1-3-10-19(13-17-5-4-11-21-17)12-15-6-8-16(9-7-15)18-14(2)20/h3-9,11H,1,10,12-13H2,2H3,(H,18,20). The molecule has 21 heavy (non-hydrogen) atoms. The van der Waals surface area contributed by atoms with Crippen LogP contribution in [0.2, 0.25) is 0 Å². The number of nitrogens with one attached hydrogen (secondary N) is 1. The molecule has 0 spiro atoms. The van der Waals surface area contributed by atoms with Crippen molar-refractivity contribution in [2.75, 3.05) is 11.9 Å². The van der Waals surface area contributed by atoms with E-state index in [0.717, 1.165) is 31.1 Å². The van der Waals surface area contributed by atoms with Crippen LogP contribution in [0.15, 0.2) is 59.7 Å². The van der Waals surface area contributed by atoms with Gasteiger partial charge < -0.3 is 9.73 Å². The summed E-state index contributed by atoms with van der Waals surface area (Å²) in [6.45, 7) is 7.63. The summed E-state index contributed by atoms with van der Waals surface area (Å²) in [5.41, 5.74) is 1.99. The molecule has 0 aliphatic heterocycles. The molecule has 2 aromatic rings. The molecule has 1 N–H and O–H groups in total. The molecule has 0 aliphatic carbocycles. The van der Waals surface area contributed by atoms with E-state index in [0.29, 0.717) is 0 Å². The molecule has 0 bridgehead atoms. The third-order valence-electron chi connectivity index (χ3n) is 3.03. The summed E-state index contributed by atoms with van der Waals surface area (Å²) in [6.07, 6.45) is 3.57. The van der Waals surface area contributed by atoms with Crippen LogP contribution in [0.25, 0.3) is 0 Å². The van der Waals surface area contributed by atoms with Gasteiger partial charge in [-0.15, -0.1) is 6.58 Å². The maximum absolute atomic E-state index is 11.0. The maximum atomic E-state index is 11.0. The summed E-state index contributed by atoms with van der Waals surface area (Å²) in [4.78, 5) is 13.2. The third kappa shape index (κ3) is 4.93. The Morgan fingerprint density at radius 3 is 2.62 bits per heavy atom. The number of hydrogen-bond acceptors (Lipinski definition) is 3. The molecule has 4 heteroatoms. The normalized spacial score (nSPS) is 10.6. The molecule has 0 unspecified atom stereocenters. The number of benzene rings is 1. The summed E-state index contributed by atoms with van der Waals surface area (Å²) in [6, 6.07) is 11.7. The molecule has 1 amide bonds. The van der Waals surface area contributed by atoms with Crippen LogP contribution >= 0.6 is 0 Å². The van der Waals surface area contributed by atoms with Gasteiger partial charge in [-0.25, -0.2) is 0 Å². The average Bonchev–Trinajstić information content (AvgIpc) is 2.93. The maximum Gasteiger partial charge on any atom is 0.221 e. The van der Waals surface area contributed by atoms with Gasteiger partial charge in [-0.1, -0.05) is 18.2 Å². The van der Waals surface area contributed by atoms with Crippen molar-refractivity contribution < 1.29 is 9.21 Å². The van der Waals surface area contributed by atoms with E-state index in [2.05, 4.69) is 16.8 Å². The van der Waals surface area contributed by atoms with Gasteiger partial charge in [-0.2, -0.15) is 0 Å². The molecule has 0 saturated carbocycles. The first-order valence-corrected chi connectivity index (χ1v) is 6.89. The zero-order valence-corrected chi connectivity index (χ0v) is 12.2. The molecule has 1 heterocycles. The lowest BCUT2D eigenvalue weighted by Crippen LogP contribution is -2.22. The van der Waals surface area contributed by atoms with E-state index in [9.17, 15) is 4.79 Å². The summed E-state index contributed by atoms with van der Waals surface area (Å²) < 4.78 is 5.39. The Kier molecular flexibility index (Phi) is 5.35. The fraction of sp³-hybridized carbons (Fsp3) is 0.235. The number of carbonyl (C=O) groups excluding carboxylic acids is 1. The Bertz CT molecular complexity index is 573. The van der Waals surface area contributed by atoms with Crippen LogP contribution in [0.3, 0.4) is 0 Å². The minimum absolute atomic E-state index is 0.0612. The zero-order valence-electron chi connectivity index (χ0n) is 12.2. The van der Waals surface area contributed by atoms with Gasteiger partial charge in [0.15, 0.2) is 0 Å². The van der Waals surface area contributed by atoms with Crippen molar-refractivity contribution in [3.8, 4) is 0 Å². The quantitative estimate of drug-likeness (QED) is 0.792. The van der Waals surface area contributed by atoms with Gasteiger partial charge >= 0.3 is 0 Å². The van der Waals surface area contributed by atoms with Crippen LogP contribution in [0.4, 0.5) is 5.69 Å². The SMILES string of the molecule is C=CCN(Cc1ccc(NC(C)=O)cc1)Cc1ccco1. The summed E-state index contributed by atoms with van der Waals surface area (Å²) >= 11 is 0. The highest BCUT2D eigenvalue weighted by Crippen LogP contribution is 2.14. The lowest BCUT2D eigenvalue weighted by Gasteiger charge is -2.19. The van der Waals surface area contributed by atoms with Gasteiger partial charge in [0.05, 0.1) is 12.8 Å². The van der Waals surface area contributed by atoms with E-state index in [1.807, 2.05) is 42.5 Å². The average molecular weight is 284 g/mol. The fourth-order valence-electron chi connectivity index (χ4n) is 2.15. The zero-order chi connectivity index (χ0) is 15.1. The van der Waals surface area contributed by atoms with Gasteiger partial charge in [0.1, 0.15) is 5.76 Å². The number of carbonyl (C=O) groups is 1. The second kappa shape index (κ2) is 7.45. The van der Waals surface area contributed by atoms with Crippen LogP contribution in [-0.4, -0.2) is 17.4 Å². The largest absolute Gasteiger partial charge is 0.468 e. The number of nitrogens with zero attached hydrogens (tertiary/aromatic N) is 1. The lowest BCUT2D eigenvalue weighted by atomic mass is 10.2. The predicted octanol–water partition coefficient (Wildman–Crippen LogP) is 3.43. The van der Waals surface area contributed by atoms with E-state index in [1.165, 1.54) is 12.5 Å². The van der Waals surface area contributed by atoms with Crippen molar-refractivity contribution in [2.45, 2.75) is 20.0 Å². The van der Waals surface area contributed by atoms with Gasteiger partial charge in [0.2, 0.25) is 5.91 Å². The Hall–Kier alpha value is -2.33. The fourth-order valence-corrected chi connectivity index (χ4v) is 2.15. The number of rotatable bonds is 7. The highest BCUT2D eigenvalue weighted by molar-refractivity contribution is 5.88. The van der Waals surface area contributed by atoms with E-state index in [4.69, 9.17) is 4.42 Å². The second-order valence-corrected chi connectivity index (χ2v) is 4.92. The minimum atomic E-state index is -0.0612. The number of hydrogen-bond donors (Lipinski definition) is 1. The number of amides is 1. The van der Waals surface area contributed by atoms with Crippen LogP contribution in [0.5, 0.6) is 0 Å². The molecule has 0 aliphatic rings. The van der Waals surface area contributed by atoms with Crippen LogP contribution in [0.1, 0.15) is 18.2 Å². The van der Waals surface area contributed by atoms with Crippen molar-refractivity contribution in [1.82, 2.24) is 4.90 Å². The first kappa shape index (κ1) is 15.1. The molecule has 0 saturated heterocycles. The number of furan rings is 1. The smallest absolute Gasteiger partial charge is 0.221 e. The van der Waals surface area contributed by atoms with Gasteiger partial charge in [-0.05, 0) is 29.8 Å². The van der Waals surface area contributed by atoms with E-state index >= 15 is 0 Å². The summed E-state index contributed by atoms with van der Waals surface area (Å²) in [7, 11) is 0. The molecule has 0 fully saturated rings. The molecule has 1 aromatic carbocycles. The number of anilines is 1. The highest BCUT2D eigenvalue weighted by Gasteiger charge is 2.07. The van der Waals surface area contributed by atoms with Crippen LogP contribution in [-0.2, 0) is 17.9 Å². The first-order chi connectivity index (χ1) is 10.2. The van der Waals surface area contributed by atoms with Crippen molar-refractivity contribution in [3.63, 3.8) is 0 Å². The van der Waals surface area contributed by atoms with Gasteiger partial charge in [0, 0.05) is 25.7 Å². The van der Waals surface area contributed by atoms with E-state index < -0.39 is 0 Å². The Balaban J connectivity index is 1.99. The van der Waals surface area contributed by atoms with Crippen molar-refractivity contribution in [1.29, 1.82) is 0 Å². The molecule has 110 valence electrons. The van der Waals surface area contributed by atoms with Crippen molar-refractivity contribution in [3.05, 3.63) is 66.6 Å². The first-order valence-electron chi connectivity index (χ1n) is 6.89. The van der Waals surface area contributed by atoms with E-state index in [1.54, 1.807) is 6.26 Å². The third-order valence-corrected chi connectivity index (χ3v) is 3.03. The topological polar surface area (TPSA) is 45.5 Å². The highest BCUT2D eigenvalue weighted by atomic mass is 16.3. The molecular formula is C17H20N2O2. The molecule has 0 atom stereocenters. The Morgan fingerprint density at radius 2 is 2.05 bits per heavy atom. The Morgan fingerprint density at radius 1 is 1.29 bits per heavy atom. The lowest BCUT2D eigenvalue weighted by molar-refractivity contribution is -0.114. The van der Waals surface area contributed by atoms with Crippen molar-refractivity contribution in [2.24, 2.45) is 0 Å². The van der Waals surface area contributed by atoms with Gasteiger partial charge in [0.25, 0.3) is 0 Å². The summed E-state index contributed by atoms with van der Waals surface area (Å²) in [5.74, 6) is 0.876. The summed E-state index contributed by atoms with van der Waals surface area (Å²) in [5, 5.41) is 2.76. The van der Waals surface area contributed by atoms with Crippen LogP contribution < -0.4 is 5.32 Å². The monoisotopic (exact) mass is 284 g/mol.